The van der Waals surface area contributed by atoms with Crippen LogP contribution in [-0.4, -0.2) is 9.97 Å². The molecule has 3 heterocycles. The minimum absolute atomic E-state index is 0. The van der Waals surface area contributed by atoms with Crippen LogP contribution in [-0.2, 0) is 32.9 Å². The van der Waals surface area contributed by atoms with Crippen LogP contribution in [0, 0.1) is 26.0 Å². The summed E-state index contributed by atoms with van der Waals surface area (Å²) in [5.74, 6) is 1.17. The van der Waals surface area contributed by atoms with Crippen LogP contribution in [0.4, 0.5) is 0 Å². The Hall–Kier alpha value is -3.07. The second-order valence-corrected chi connectivity index (χ2v) is 8.52. The standard InChI is InChI=1S/C18H16NO.C12H10N.Ir/c1-12-9-10-19-16(11-12)15-7-4-6-14-13-5-2-3-8-17(13)20-18(14)15;1-10-7-8-12(13-9-10)11-5-3-2-4-6-11;/h4,6,9-11H,2-3,5,8H2,1H3;2-5,7-9H,1H3;/q2*-1;. The van der Waals surface area contributed by atoms with Crippen LogP contribution < -0.4 is 0 Å². The van der Waals surface area contributed by atoms with E-state index < -0.39 is 0 Å². The fourth-order valence-electron chi connectivity index (χ4n) is 4.27. The quantitative estimate of drug-likeness (QED) is 0.194. The van der Waals surface area contributed by atoms with E-state index in [1.807, 2.05) is 61.8 Å². The molecule has 3 nitrogen and oxygen atoms in total. The molecule has 0 fully saturated rings. The summed E-state index contributed by atoms with van der Waals surface area (Å²) in [4.78, 5) is 8.79. The Balaban J connectivity index is 0.000000171. The molecule has 0 aliphatic heterocycles. The number of fused-ring (bicyclic) bond motifs is 3. The molecule has 0 unspecified atom stereocenters. The van der Waals surface area contributed by atoms with E-state index in [0.717, 1.165) is 40.9 Å². The maximum absolute atomic E-state index is 6.14. The van der Waals surface area contributed by atoms with Crippen LogP contribution in [0.15, 0.2) is 77.5 Å². The first-order valence-electron chi connectivity index (χ1n) is 11.5. The van der Waals surface area contributed by atoms with Crippen molar-refractivity contribution < 1.29 is 24.5 Å². The number of rotatable bonds is 2. The largest absolute Gasteiger partial charge is 0.505 e. The number of benzene rings is 2. The van der Waals surface area contributed by atoms with Gasteiger partial charge < -0.3 is 14.4 Å². The minimum atomic E-state index is 0. The van der Waals surface area contributed by atoms with E-state index in [1.54, 1.807) is 0 Å². The normalized spacial score (nSPS) is 12.3. The predicted octanol–water partition coefficient (Wildman–Crippen LogP) is 7.34. The molecular formula is C30H26IrN2O-2. The molecule has 0 bridgehead atoms. The zero-order chi connectivity index (χ0) is 22.6. The van der Waals surface area contributed by atoms with Gasteiger partial charge in [0.15, 0.2) is 0 Å². The van der Waals surface area contributed by atoms with Crippen LogP contribution in [0.25, 0.3) is 33.5 Å². The van der Waals surface area contributed by atoms with Gasteiger partial charge >= 0.3 is 0 Å². The first kappa shape index (κ1) is 24.1. The molecule has 173 valence electrons. The molecule has 0 N–H and O–H groups in total. The van der Waals surface area contributed by atoms with E-state index in [9.17, 15) is 0 Å². The molecule has 2 aromatic carbocycles. The molecule has 1 aliphatic carbocycles. The molecule has 6 rings (SSSR count). The topological polar surface area (TPSA) is 38.9 Å². The molecule has 1 aliphatic rings. The summed E-state index contributed by atoms with van der Waals surface area (Å²) in [6, 6.07) is 26.6. The molecule has 0 saturated carbocycles. The van der Waals surface area contributed by atoms with Crippen molar-refractivity contribution in [3.63, 3.8) is 0 Å². The van der Waals surface area contributed by atoms with Crippen LogP contribution in [0.3, 0.4) is 0 Å². The van der Waals surface area contributed by atoms with Gasteiger partial charge in [-0.25, -0.2) is 0 Å². The zero-order valence-corrected chi connectivity index (χ0v) is 21.8. The van der Waals surface area contributed by atoms with Crippen molar-refractivity contribution in [1.29, 1.82) is 0 Å². The molecule has 1 radical (unpaired) electrons. The molecule has 34 heavy (non-hydrogen) atoms. The smallest absolute Gasteiger partial charge is 0.0930 e. The van der Waals surface area contributed by atoms with Crippen molar-refractivity contribution in [2.45, 2.75) is 39.5 Å². The summed E-state index contributed by atoms with van der Waals surface area (Å²) in [5.41, 5.74) is 8.69. The molecule has 0 spiro atoms. The van der Waals surface area contributed by atoms with E-state index in [-0.39, 0.29) is 20.1 Å². The summed E-state index contributed by atoms with van der Waals surface area (Å²) in [6.07, 6.45) is 8.40. The van der Waals surface area contributed by atoms with Crippen molar-refractivity contribution >= 4 is 11.0 Å². The third-order valence-corrected chi connectivity index (χ3v) is 5.98. The second-order valence-electron chi connectivity index (χ2n) is 8.52. The van der Waals surface area contributed by atoms with Crippen LogP contribution in [0.2, 0.25) is 0 Å². The van der Waals surface area contributed by atoms with Crippen LogP contribution in [0.1, 0.15) is 35.3 Å². The van der Waals surface area contributed by atoms with Crippen LogP contribution in [0.5, 0.6) is 0 Å². The number of pyridine rings is 2. The fourth-order valence-corrected chi connectivity index (χ4v) is 4.27. The Kier molecular flexibility index (Phi) is 7.72. The Morgan fingerprint density at radius 3 is 2.47 bits per heavy atom. The fraction of sp³-hybridized carbons (Fsp3) is 0.200. The molecule has 0 atom stereocenters. The summed E-state index contributed by atoms with van der Waals surface area (Å²) in [5, 5.41) is 1.25. The molecule has 0 saturated heterocycles. The molecule has 0 amide bonds. The average Bonchev–Trinajstić information content (AvgIpc) is 3.24. The first-order valence-corrected chi connectivity index (χ1v) is 11.5. The number of hydrogen-bond donors (Lipinski definition) is 0. The van der Waals surface area contributed by atoms with Crippen molar-refractivity contribution in [3.8, 4) is 22.5 Å². The van der Waals surface area contributed by atoms with Crippen LogP contribution >= 0.6 is 0 Å². The maximum Gasteiger partial charge on any atom is 0.0930 e. The molecule has 5 aromatic rings. The number of aromatic nitrogens is 2. The monoisotopic (exact) mass is 623 g/mol. The van der Waals surface area contributed by atoms with Gasteiger partial charge in [-0.1, -0.05) is 34.7 Å². The van der Waals surface area contributed by atoms with E-state index in [4.69, 9.17) is 4.42 Å². The molecule has 3 aromatic heterocycles. The maximum atomic E-state index is 6.14. The van der Waals surface area contributed by atoms with Crippen molar-refractivity contribution in [2.24, 2.45) is 0 Å². The number of nitrogens with zero attached hydrogens (tertiary/aromatic N) is 2. The van der Waals surface area contributed by atoms with Crippen molar-refractivity contribution in [3.05, 3.63) is 108 Å². The Labute approximate surface area is 214 Å². The van der Waals surface area contributed by atoms with E-state index in [2.05, 4.69) is 47.2 Å². The van der Waals surface area contributed by atoms with E-state index >= 15 is 0 Å². The molecular weight excluding hydrogens is 597 g/mol. The zero-order valence-electron chi connectivity index (χ0n) is 19.4. The van der Waals surface area contributed by atoms with E-state index in [0.29, 0.717) is 0 Å². The average molecular weight is 623 g/mol. The summed E-state index contributed by atoms with van der Waals surface area (Å²) >= 11 is 0. The Bertz CT molecular complexity index is 1370. The summed E-state index contributed by atoms with van der Waals surface area (Å²) in [6.45, 7) is 4.12. The third-order valence-electron chi connectivity index (χ3n) is 5.98. The number of aryl methyl sites for hydroxylation is 4. The van der Waals surface area contributed by atoms with Gasteiger partial charge in [0.1, 0.15) is 0 Å². The Morgan fingerprint density at radius 2 is 1.71 bits per heavy atom. The van der Waals surface area contributed by atoms with Gasteiger partial charge in [-0.3, -0.25) is 0 Å². The number of hydrogen-bond acceptors (Lipinski definition) is 3. The summed E-state index contributed by atoms with van der Waals surface area (Å²) < 4.78 is 6.14. The van der Waals surface area contributed by atoms with Gasteiger partial charge in [-0.2, -0.15) is 0 Å². The number of furan rings is 1. The van der Waals surface area contributed by atoms with Crippen molar-refractivity contribution in [2.75, 3.05) is 0 Å². The summed E-state index contributed by atoms with van der Waals surface area (Å²) in [7, 11) is 0. The predicted molar refractivity (Wildman–Crippen MR) is 133 cm³/mol. The molecule has 4 heteroatoms. The van der Waals surface area contributed by atoms with Gasteiger partial charge in [0, 0.05) is 38.9 Å². The van der Waals surface area contributed by atoms with Gasteiger partial charge in [0.05, 0.1) is 11.3 Å². The Morgan fingerprint density at radius 1 is 0.824 bits per heavy atom. The van der Waals surface area contributed by atoms with Gasteiger partial charge in [-0.05, 0) is 61.7 Å². The van der Waals surface area contributed by atoms with Gasteiger partial charge in [0.25, 0.3) is 0 Å². The van der Waals surface area contributed by atoms with Gasteiger partial charge in [0.2, 0.25) is 0 Å². The first-order chi connectivity index (χ1) is 16.2. The van der Waals surface area contributed by atoms with Crippen molar-refractivity contribution in [1.82, 2.24) is 9.97 Å². The minimum Gasteiger partial charge on any atom is -0.505 e. The van der Waals surface area contributed by atoms with Gasteiger partial charge in [-0.15, -0.1) is 54.1 Å². The SMILES string of the molecule is Cc1ccc(-c2[c-]cccc2)nc1.Cc1ccnc(-c2[c-]ccc3c4c(oc23)CCCC4)c1.[Ir]. The third kappa shape index (κ3) is 5.19. The van der Waals surface area contributed by atoms with E-state index in [1.165, 1.54) is 40.7 Å². The second kappa shape index (κ2) is 10.9.